The Morgan fingerprint density at radius 2 is 1.97 bits per heavy atom. The second-order valence-corrected chi connectivity index (χ2v) is 9.15. The monoisotopic (exact) mass is 450 g/mol. The molecule has 31 heavy (non-hydrogen) atoms. The number of carbonyl (C=O) groups is 1. The fourth-order valence-electron chi connectivity index (χ4n) is 4.43. The molecule has 0 aromatic heterocycles. The lowest BCUT2D eigenvalue weighted by Gasteiger charge is -2.21. The predicted molar refractivity (Wildman–Crippen MR) is 126 cm³/mol. The Morgan fingerprint density at radius 1 is 1.19 bits per heavy atom. The summed E-state index contributed by atoms with van der Waals surface area (Å²) < 4.78 is 4.86. The maximum Gasteiger partial charge on any atom is 0.305 e. The number of carbonyl (C=O) groups excluding carboxylic acids is 1. The van der Waals surface area contributed by atoms with Gasteiger partial charge in [0, 0.05) is 11.8 Å². The molecule has 1 aromatic carbocycles. The average molecular weight is 451 g/mol. The molecule has 1 aliphatic rings. The van der Waals surface area contributed by atoms with E-state index in [-0.39, 0.29) is 30.7 Å². The van der Waals surface area contributed by atoms with Crippen molar-refractivity contribution < 1.29 is 19.7 Å². The van der Waals surface area contributed by atoms with Crippen molar-refractivity contribution >= 4 is 17.6 Å². The number of aliphatic hydroxyl groups excluding tert-OH is 2. The number of alkyl halides is 1. The van der Waals surface area contributed by atoms with Crippen LogP contribution in [0.4, 0.5) is 0 Å². The maximum atomic E-state index is 11.4. The lowest BCUT2D eigenvalue weighted by Crippen LogP contribution is -2.13. The van der Waals surface area contributed by atoms with Crippen molar-refractivity contribution in [1.29, 1.82) is 0 Å². The van der Waals surface area contributed by atoms with Crippen LogP contribution in [-0.2, 0) is 9.53 Å². The van der Waals surface area contributed by atoms with Crippen molar-refractivity contribution in [1.82, 2.24) is 0 Å². The van der Waals surface area contributed by atoms with E-state index < -0.39 is 0 Å². The lowest BCUT2D eigenvalue weighted by atomic mass is 9.85. The fourth-order valence-corrected chi connectivity index (χ4v) is 4.84. The van der Waals surface area contributed by atoms with Crippen molar-refractivity contribution in [3.8, 4) is 0 Å². The molecule has 0 radical (unpaired) electrons. The van der Waals surface area contributed by atoms with E-state index in [9.17, 15) is 9.90 Å². The third-order valence-electron chi connectivity index (χ3n) is 6.25. The van der Waals surface area contributed by atoms with Crippen molar-refractivity contribution in [3.63, 3.8) is 0 Å². The van der Waals surface area contributed by atoms with Crippen LogP contribution >= 0.6 is 11.6 Å². The molecule has 4 nitrogen and oxygen atoms in total. The number of halogens is 1. The van der Waals surface area contributed by atoms with Gasteiger partial charge in [0.2, 0.25) is 0 Å². The number of hydrogen-bond acceptors (Lipinski definition) is 4. The van der Waals surface area contributed by atoms with Gasteiger partial charge in [-0.2, -0.15) is 0 Å². The smallest absolute Gasteiger partial charge is 0.305 e. The van der Waals surface area contributed by atoms with Crippen LogP contribution in [0.3, 0.4) is 0 Å². The third-order valence-corrected chi connectivity index (χ3v) is 6.79. The SMILES string of the molecule is CCCCCC(O)c1ccc([C@H]2CC[C@@H](Cl)C2CC=CCCCC(=O)OCCO)cc1. The quantitative estimate of drug-likeness (QED) is 0.156. The van der Waals surface area contributed by atoms with Gasteiger partial charge in [0.05, 0.1) is 12.7 Å². The minimum Gasteiger partial charge on any atom is -0.463 e. The molecule has 1 aromatic rings. The molecule has 1 fully saturated rings. The van der Waals surface area contributed by atoms with E-state index in [1.807, 2.05) is 0 Å². The van der Waals surface area contributed by atoms with Gasteiger partial charge >= 0.3 is 5.97 Å². The molecule has 2 N–H and O–H groups in total. The Balaban J connectivity index is 1.81. The first-order valence-electron chi connectivity index (χ1n) is 11.9. The average Bonchev–Trinajstić information content (AvgIpc) is 3.15. The Hall–Kier alpha value is -1.36. The zero-order valence-corrected chi connectivity index (χ0v) is 19.6. The van der Waals surface area contributed by atoms with Gasteiger partial charge in [-0.25, -0.2) is 0 Å². The van der Waals surface area contributed by atoms with E-state index in [4.69, 9.17) is 21.4 Å². The molecule has 174 valence electrons. The van der Waals surface area contributed by atoms with Gasteiger partial charge in [0.25, 0.3) is 0 Å². The van der Waals surface area contributed by atoms with Crippen molar-refractivity contribution in [2.45, 2.75) is 88.5 Å². The topological polar surface area (TPSA) is 66.8 Å². The van der Waals surface area contributed by atoms with Gasteiger partial charge in [-0.15, -0.1) is 11.6 Å². The van der Waals surface area contributed by atoms with Crippen LogP contribution in [0.1, 0.15) is 94.3 Å². The summed E-state index contributed by atoms with van der Waals surface area (Å²) in [6, 6.07) is 8.51. The summed E-state index contributed by atoms with van der Waals surface area (Å²) >= 11 is 6.65. The van der Waals surface area contributed by atoms with Gasteiger partial charge in [0.1, 0.15) is 6.61 Å². The van der Waals surface area contributed by atoms with E-state index in [0.29, 0.717) is 18.3 Å². The second kappa shape index (κ2) is 14.7. The zero-order valence-electron chi connectivity index (χ0n) is 18.8. The van der Waals surface area contributed by atoms with Crippen LogP contribution in [0.2, 0.25) is 0 Å². The van der Waals surface area contributed by atoms with Crippen LogP contribution in [-0.4, -0.2) is 34.8 Å². The Morgan fingerprint density at radius 3 is 2.68 bits per heavy atom. The van der Waals surface area contributed by atoms with Gasteiger partial charge in [-0.3, -0.25) is 4.79 Å². The fraction of sp³-hybridized carbons (Fsp3) is 0.654. The van der Waals surface area contributed by atoms with Crippen LogP contribution in [0.25, 0.3) is 0 Å². The summed E-state index contributed by atoms with van der Waals surface area (Å²) in [5, 5.41) is 19.2. The summed E-state index contributed by atoms with van der Waals surface area (Å²) in [5.74, 6) is 0.609. The summed E-state index contributed by atoms with van der Waals surface area (Å²) in [5.41, 5.74) is 2.33. The first kappa shape index (κ1) is 25.9. The minimum atomic E-state index is -0.371. The number of ether oxygens (including phenoxy) is 1. The highest BCUT2D eigenvalue weighted by Crippen LogP contribution is 2.44. The largest absolute Gasteiger partial charge is 0.463 e. The van der Waals surface area contributed by atoms with Crippen LogP contribution in [0.15, 0.2) is 36.4 Å². The molecule has 1 saturated carbocycles. The first-order valence-corrected chi connectivity index (χ1v) is 12.3. The number of hydrogen-bond donors (Lipinski definition) is 2. The summed E-state index contributed by atoms with van der Waals surface area (Å²) in [7, 11) is 0. The highest BCUT2D eigenvalue weighted by atomic mass is 35.5. The Bertz CT molecular complexity index is 658. The normalized spacial score (nSPS) is 22.1. The molecule has 0 aliphatic heterocycles. The summed E-state index contributed by atoms with van der Waals surface area (Å²) in [6.45, 7) is 2.12. The van der Waals surface area contributed by atoms with Crippen molar-refractivity contribution in [2.75, 3.05) is 13.2 Å². The molecule has 0 saturated heterocycles. The number of allylic oxidation sites excluding steroid dienone is 2. The van der Waals surface area contributed by atoms with E-state index in [1.54, 1.807) is 0 Å². The van der Waals surface area contributed by atoms with Crippen LogP contribution in [0.5, 0.6) is 0 Å². The highest BCUT2D eigenvalue weighted by Gasteiger charge is 2.34. The number of unbranched alkanes of at least 4 members (excludes halogenated alkanes) is 3. The van der Waals surface area contributed by atoms with Crippen LogP contribution in [0, 0.1) is 5.92 Å². The Labute approximate surface area is 192 Å². The molecule has 1 aliphatic carbocycles. The molecule has 0 amide bonds. The van der Waals surface area contributed by atoms with E-state index in [2.05, 4.69) is 43.3 Å². The van der Waals surface area contributed by atoms with Gasteiger partial charge < -0.3 is 14.9 Å². The number of aliphatic hydroxyl groups is 2. The zero-order chi connectivity index (χ0) is 22.5. The molecule has 2 unspecified atom stereocenters. The molecular formula is C26H39ClO4. The molecular weight excluding hydrogens is 412 g/mol. The van der Waals surface area contributed by atoms with Gasteiger partial charge in [-0.05, 0) is 61.5 Å². The summed E-state index contributed by atoms with van der Waals surface area (Å²) in [6.07, 6.45) is 13.2. The molecule has 0 bridgehead atoms. The minimum absolute atomic E-state index is 0.0770. The van der Waals surface area contributed by atoms with Crippen LogP contribution < -0.4 is 0 Å². The van der Waals surface area contributed by atoms with Gasteiger partial charge in [0.15, 0.2) is 0 Å². The molecule has 0 spiro atoms. The predicted octanol–water partition coefficient (Wildman–Crippen LogP) is 6.05. The number of esters is 1. The summed E-state index contributed by atoms with van der Waals surface area (Å²) in [4.78, 5) is 11.4. The van der Waals surface area contributed by atoms with E-state index >= 15 is 0 Å². The van der Waals surface area contributed by atoms with Crippen molar-refractivity contribution in [3.05, 3.63) is 47.5 Å². The maximum absolute atomic E-state index is 11.4. The van der Waals surface area contributed by atoms with Gasteiger partial charge in [-0.1, -0.05) is 62.6 Å². The van der Waals surface area contributed by atoms with Crippen molar-refractivity contribution in [2.24, 2.45) is 5.92 Å². The third kappa shape index (κ3) is 8.96. The second-order valence-electron chi connectivity index (χ2n) is 8.59. The molecule has 2 rings (SSSR count). The molecule has 5 heteroatoms. The molecule has 4 atom stereocenters. The Kier molecular flexibility index (Phi) is 12.2. The highest BCUT2D eigenvalue weighted by molar-refractivity contribution is 6.21. The number of rotatable bonds is 14. The first-order chi connectivity index (χ1) is 15.1. The van der Waals surface area contributed by atoms with E-state index in [1.165, 1.54) is 12.0 Å². The standard InChI is InChI=1S/C26H39ClO4/c1-2-3-6-10-25(29)21-14-12-20(13-15-21)22-16-17-24(27)23(22)9-7-4-5-8-11-26(30)31-19-18-28/h4,7,12-15,22-25,28-29H,2-3,5-6,8-11,16-19H2,1H3/t22-,23?,24-,25?/m1/s1. The number of benzene rings is 1. The lowest BCUT2D eigenvalue weighted by molar-refractivity contribution is -0.144. The molecule has 0 heterocycles. The van der Waals surface area contributed by atoms with E-state index in [0.717, 1.165) is 56.9 Å².